The van der Waals surface area contributed by atoms with Crippen molar-refractivity contribution in [1.82, 2.24) is 10.3 Å². The monoisotopic (exact) mass is 203 g/mol. The van der Waals surface area contributed by atoms with E-state index in [0.717, 1.165) is 18.5 Å². The summed E-state index contributed by atoms with van der Waals surface area (Å²) in [5.41, 5.74) is 2.53. The summed E-state index contributed by atoms with van der Waals surface area (Å²) in [5, 5.41) is 3.50. The Morgan fingerprint density at radius 3 is 3.07 bits per heavy atom. The van der Waals surface area contributed by atoms with Crippen molar-refractivity contribution in [2.45, 2.75) is 19.4 Å². The number of pyridine rings is 1. The minimum Gasteiger partial charge on any atom is -0.369 e. The largest absolute Gasteiger partial charge is 0.369 e. The molecule has 0 bridgehead atoms. The first-order valence-electron chi connectivity index (χ1n) is 5.73. The predicted molar refractivity (Wildman–Crippen MR) is 61.1 cm³/mol. The van der Waals surface area contributed by atoms with Crippen LogP contribution >= 0.6 is 0 Å². The molecule has 2 atom stereocenters. The average molecular weight is 203 g/mol. The van der Waals surface area contributed by atoms with E-state index in [9.17, 15) is 0 Å². The lowest BCUT2D eigenvalue weighted by Gasteiger charge is -2.47. The highest BCUT2D eigenvalue weighted by Gasteiger charge is 2.35. The molecule has 3 heteroatoms. The third-order valence-electron chi connectivity index (χ3n) is 3.62. The van der Waals surface area contributed by atoms with Crippen molar-refractivity contribution < 1.29 is 0 Å². The van der Waals surface area contributed by atoms with E-state index in [1.165, 1.54) is 30.8 Å². The first kappa shape index (κ1) is 9.16. The zero-order valence-electron chi connectivity index (χ0n) is 9.11. The Bertz CT molecular complexity index is 364. The maximum atomic E-state index is 4.26. The fraction of sp³-hybridized carbons (Fsp3) is 0.583. The number of nitrogens with one attached hydrogen (secondary N) is 1. The molecule has 1 N–H and O–H groups in total. The second-order valence-electron chi connectivity index (χ2n) is 4.73. The van der Waals surface area contributed by atoms with Gasteiger partial charge in [-0.25, -0.2) is 0 Å². The summed E-state index contributed by atoms with van der Waals surface area (Å²) in [6, 6.07) is 2.95. The SMILES string of the molecule is Cc1cncc(N2CC[C@@H]3CN[C@@H]3C2)c1. The van der Waals surface area contributed by atoms with Crippen LogP contribution in [0, 0.1) is 12.8 Å². The molecule has 0 aromatic carbocycles. The van der Waals surface area contributed by atoms with Gasteiger partial charge in [0.05, 0.1) is 11.9 Å². The molecule has 0 amide bonds. The second-order valence-corrected chi connectivity index (χ2v) is 4.73. The molecule has 80 valence electrons. The number of rotatable bonds is 1. The van der Waals surface area contributed by atoms with Crippen molar-refractivity contribution >= 4 is 5.69 Å². The first-order chi connectivity index (χ1) is 7.33. The van der Waals surface area contributed by atoms with Gasteiger partial charge in [0.25, 0.3) is 0 Å². The third kappa shape index (κ3) is 1.61. The molecule has 2 saturated heterocycles. The van der Waals surface area contributed by atoms with Gasteiger partial charge in [0.1, 0.15) is 0 Å². The van der Waals surface area contributed by atoms with E-state index in [1.807, 2.05) is 12.4 Å². The molecule has 15 heavy (non-hydrogen) atoms. The number of nitrogens with zero attached hydrogens (tertiary/aromatic N) is 2. The molecule has 0 radical (unpaired) electrons. The Labute approximate surface area is 90.5 Å². The molecule has 2 aliphatic heterocycles. The lowest BCUT2D eigenvalue weighted by molar-refractivity contribution is 0.197. The number of aromatic nitrogens is 1. The van der Waals surface area contributed by atoms with Crippen LogP contribution in [0.4, 0.5) is 5.69 Å². The normalized spacial score (nSPS) is 29.5. The van der Waals surface area contributed by atoms with Crippen LogP contribution in [-0.2, 0) is 0 Å². The van der Waals surface area contributed by atoms with Crippen molar-refractivity contribution in [2.75, 3.05) is 24.5 Å². The van der Waals surface area contributed by atoms with E-state index < -0.39 is 0 Å². The van der Waals surface area contributed by atoms with Crippen LogP contribution in [0.15, 0.2) is 18.5 Å². The number of hydrogen-bond donors (Lipinski definition) is 1. The summed E-state index contributed by atoms with van der Waals surface area (Å²) in [6.07, 6.45) is 5.22. The topological polar surface area (TPSA) is 28.2 Å². The molecule has 1 aromatic rings. The van der Waals surface area contributed by atoms with Gasteiger partial charge in [-0.1, -0.05) is 0 Å². The van der Waals surface area contributed by atoms with Gasteiger partial charge >= 0.3 is 0 Å². The van der Waals surface area contributed by atoms with E-state index in [-0.39, 0.29) is 0 Å². The number of hydrogen-bond acceptors (Lipinski definition) is 3. The fourth-order valence-electron chi connectivity index (χ4n) is 2.56. The highest BCUT2D eigenvalue weighted by atomic mass is 15.2. The van der Waals surface area contributed by atoms with E-state index in [0.29, 0.717) is 0 Å². The first-order valence-corrected chi connectivity index (χ1v) is 5.73. The van der Waals surface area contributed by atoms with Crippen molar-refractivity contribution in [3.05, 3.63) is 24.0 Å². The Morgan fingerprint density at radius 2 is 2.40 bits per heavy atom. The van der Waals surface area contributed by atoms with Gasteiger partial charge in [-0.2, -0.15) is 0 Å². The van der Waals surface area contributed by atoms with E-state index in [2.05, 4.69) is 28.2 Å². The Morgan fingerprint density at radius 1 is 1.47 bits per heavy atom. The minimum absolute atomic E-state index is 0.722. The van der Waals surface area contributed by atoms with Crippen LogP contribution in [0.5, 0.6) is 0 Å². The van der Waals surface area contributed by atoms with Crippen molar-refractivity contribution in [3.63, 3.8) is 0 Å². The summed E-state index contributed by atoms with van der Waals surface area (Å²) in [7, 11) is 0. The summed E-state index contributed by atoms with van der Waals surface area (Å²) in [4.78, 5) is 6.71. The molecule has 0 unspecified atom stereocenters. The maximum absolute atomic E-state index is 4.26. The molecule has 2 aliphatic rings. The zero-order chi connectivity index (χ0) is 10.3. The summed E-state index contributed by atoms with van der Waals surface area (Å²) >= 11 is 0. The molecule has 0 aliphatic carbocycles. The predicted octanol–water partition coefficient (Wildman–Crippen LogP) is 1.19. The fourth-order valence-corrected chi connectivity index (χ4v) is 2.56. The lowest BCUT2D eigenvalue weighted by Crippen LogP contribution is -2.62. The van der Waals surface area contributed by atoms with Gasteiger partial charge in [-0.15, -0.1) is 0 Å². The van der Waals surface area contributed by atoms with Gasteiger partial charge in [0.2, 0.25) is 0 Å². The van der Waals surface area contributed by atoms with Crippen LogP contribution in [0.3, 0.4) is 0 Å². The molecule has 3 nitrogen and oxygen atoms in total. The van der Waals surface area contributed by atoms with Crippen LogP contribution in [0.1, 0.15) is 12.0 Å². The van der Waals surface area contributed by atoms with Gasteiger partial charge in [-0.3, -0.25) is 4.98 Å². The molecule has 2 fully saturated rings. The minimum atomic E-state index is 0.722. The molecule has 0 spiro atoms. The van der Waals surface area contributed by atoms with Gasteiger partial charge in [0.15, 0.2) is 0 Å². The van der Waals surface area contributed by atoms with Crippen LogP contribution in [0.25, 0.3) is 0 Å². The van der Waals surface area contributed by atoms with Gasteiger partial charge < -0.3 is 10.2 Å². The van der Waals surface area contributed by atoms with E-state index >= 15 is 0 Å². The molecule has 1 aromatic heterocycles. The second kappa shape index (κ2) is 3.49. The number of fused-ring (bicyclic) bond motifs is 1. The van der Waals surface area contributed by atoms with Crippen molar-refractivity contribution in [1.29, 1.82) is 0 Å². The standard InChI is InChI=1S/C12H17N3/c1-9-4-11(7-13-5-9)15-3-2-10-6-14-12(10)8-15/h4-5,7,10,12,14H,2-3,6,8H2,1H3/t10-,12-/m1/s1. The van der Waals surface area contributed by atoms with E-state index in [1.54, 1.807) is 0 Å². The molecule has 3 rings (SSSR count). The van der Waals surface area contributed by atoms with Crippen LogP contribution in [-0.4, -0.2) is 30.7 Å². The molecule has 0 saturated carbocycles. The quantitative estimate of drug-likeness (QED) is 0.743. The smallest absolute Gasteiger partial charge is 0.0555 e. The van der Waals surface area contributed by atoms with Crippen LogP contribution in [0.2, 0.25) is 0 Å². The number of aryl methyl sites for hydroxylation is 1. The lowest BCUT2D eigenvalue weighted by atomic mass is 9.85. The Balaban J connectivity index is 1.77. The average Bonchev–Trinajstić information content (AvgIpc) is 2.20. The summed E-state index contributed by atoms with van der Waals surface area (Å²) in [5.74, 6) is 0.930. The molecular formula is C12H17N3. The zero-order valence-corrected chi connectivity index (χ0v) is 9.11. The third-order valence-corrected chi connectivity index (χ3v) is 3.62. The summed E-state index contributed by atoms with van der Waals surface area (Å²) < 4.78 is 0. The number of anilines is 1. The van der Waals surface area contributed by atoms with Crippen molar-refractivity contribution in [3.8, 4) is 0 Å². The van der Waals surface area contributed by atoms with Crippen LogP contribution < -0.4 is 10.2 Å². The summed E-state index contributed by atoms with van der Waals surface area (Å²) in [6.45, 7) is 5.67. The highest BCUT2D eigenvalue weighted by Crippen LogP contribution is 2.27. The van der Waals surface area contributed by atoms with Gasteiger partial charge in [0, 0.05) is 25.3 Å². The number of piperidine rings is 1. The molecule has 3 heterocycles. The highest BCUT2D eigenvalue weighted by molar-refractivity contribution is 5.46. The molecular weight excluding hydrogens is 186 g/mol. The maximum Gasteiger partial charge on any atom is 0.0555 e. The van der Waals surface area contributed by atoms with Crippen molar-refractivity contribution in [2.24, 2.45) is 5.92 Å². The van der Waals surface area contributed by atoms with E-state index in [4.69, 9.17) is 0 Å². The Kier molecular flexibility index (Phi) is 2.13. The Hall–Kier alpha value is -1.09. The van der Waals surface area contributed by atoms with Gasteiger partial charge in [-0.05, 0) is 37.4 Å².